The number of guanidine groups is 1. The van der Waals surface area contributed by atoms with Crippen LogP contribution in [0.15, 0.2) is 72.2 Å². The summed E-state index contributed by atoms with van der Waals surface area (Å²) in [5.74, 6) is 0.767. The Morgan fingerprint density at radius 3 is 2.38 bits per heavy atom. The summed E-state index contributed by atoms with van der Waals surface area (Å²) in [6.45, 7) is 6.31. The van der Waals surface area contributed by atoms with E-state index in [1.165, 1.54) is 27.8 Å². The van der Waals surface area contributed by atoms with Crippen molar-refractivity contribution in [3.8, 4) is 11.1 Å². The average molecular weight is 569 g/mol. The molecule has 0 aliphatic rings. The molecule has 4 aromatic rings. The zero-order valence-electron chi connectivity index (χ0n) is 20.1. The Balaban J connectivity index is 0.00000324. The highest BCUT2D eigenvalue weighted by atomic mass is 127. The minimum atomic E-state index is 0. The third-order valence-electron chi connectivity index (χ3n) is 5.97. The lowest BCUT2D eigenvalue weighted by Crippen LogP contribution is -2.36. The molecule has 0 spiro atoms. The predicted octanol–water partition coefficient (Wildman–Crippen LogP) is 4.43. The van der Waals surface area contributed by atoms with Crippen molar-refractivity contribution in [1.82, 2.24) is 30.0 Å². The van der Waals surface area contributed by atoms with Gasteiger partial charge >= 0.3 is 0 Å². The van der Waals surface area contributed by atoms with Gasteiger partial charge < -0.3 is 15.2 Å². The van der Waals surface area contributed by atoms with Gasteiger partial charge in [-0.25, -0.2) is 4.98 Å². The highest BCUT2D eigenvalue weighted by Gasteiger charge is 2.10. The minimum absolute atomic E-state index is 0. The molecular formula is C26H32IN7. The van der Waals surface area contributed by atoms with Crippen molar-refractivity contribution in [3.05, 3.63) is 95.3 Å². The van der Waals surface area contributed by atoms with Gasteiger partial charge in [-0.15, -0.1) is 24.0 Å². The van der Waals surface area contributed by atoms with Gasteiger partial charge in [0.15, 0.2) is 5.96 Å². The van der Waals surface area contributed by atoms with Gasteiger partial charge in [0.1, 0.15) is 0 Å². The number of aromatic nitrogens is 4. The van der Waals surface area contributed by atoms with E-state index in [2.05, 4.69) is 85.7 Å². The molecule has 0 aliphatic heterocycles. The first-order chi connectivity index (χ1) is 16.0. The average Bonchev–Trinajstić information content (AvgIpc) is 3.42. The number of nitrogens with one attached hydrogen (secondary N) is 2. The third kappa shape index (κ3) is 6.05. The molecule has 0 aliphatic carbocycles. The second-order valence-electron chi connectivity index (χ2n) is 8.14. The van der Waals surface area contributed by atoms with Crippen molar-refractivity contribution in [2.45, 2.75) is 33.5 Å². The molecule has 178 valence electrons. The number of hydrogen-bond acceptors (Lipinski definition) is 3. The molecule has 2 aromatic heterocycles. The number of benzene rings is 2. The summed E-state index contributed by atoms with van der Waals surface area (Å²) in [5.41, 5.74) is 8.29. The van der Waals surface area contributed by atoms with Crippen LogP contribution < -0.4 is 10.6 Å². The number of halogens is 1. The largest absolute Gasteiger partial charge is 0.352 e. The molecule has 2 heterocycles. The van der Waals surface area contributed by atoms with E-state index in [-0.39, 0.29) is 24.0 Å². The molecule has 2 aromatic carbocycles. The highest BCUT2D eigenvalue weighted by Crippen LogP contribution is 2.24. The quantitative estimate of drug-likeness (QED) is 0.196. The summed E-state index contributed by atoms with van der Waals surface area (Å²) in [4.78, 5) is 8.51. The molecule has 2 N–H and O–H groups in total. The maximum absolute atomic E-state index is 4.49. The lowest BCUT2D eigenvalue weighted by molar-refractivity contribution is 0.728. The topological polar surface area (TPSA) is 72.1 Å². The summed E-state index contributed by atoms with van der Waals surface area (Å²) in [5, 5.41) is 11.4. The van der Waals surface area contributed by atoms with Crippen LogP contribution in [0.4, 0.5) is 0 Å². The molecule has 0 amide bonds. The number of aryl methyl sites for hydroxylation is 2. The Morgan fingerprint density at radius 1 is 1.00 bits per heavy atom. The molecule has 0 radical (unpaired) electrons. The summed E-state index contributed by atoms with van der Waals surface area (Å²) in [7, 11) is 3.77. The van der Waals surface area contributed by atoms with Crippen LogP contribution in [0.5, 0.6) is 0 Å². The SMILES string of the molecule is CN=C(NCc1ccccc1-c1ccc(Cn2ccnc2)cc1)NCc1c(C)nn(C)c1C.I. The van der Waals surface area contributed by atoms with E-state index in [0.717, 1.165) is 23.9 Å². The second-order valence-corrected chi connectivity index (χ2v) is 8.14. The summed E-state index contributed by atoms with van der Waals surface area (Å²) in [6.07, 6.45) is 5.62. The second kappa shape index (κ2) is 11.8. The molecule has 7 nitrogen and oxygen atoms in total. The van der Waals surface area contributed by atoms with Crippen LogP contribution >= 0.6 is 24.0 Å². The molecule has 34 heavy (non-hydrogen) atoms. The summed E-state index contributed by atoms with van der Waals surface area (Å²) < 4.78 is 3.99. The molecule has 0 fully saturated rings. The molecule has 8 heteroatoms. The van der Waals surface area contributed by atoms with Crippen molar-refractivity contribution >= 4 is 29.9 Å². The zero-order valence-corrected chi connectivity index (χ0v) is 22.4. The fourth-order valence-electron chi connectivity index (χ4n) is 3.98. The van der Waals surface area contributed by atoms with Crippen LogP contribution in [0.3, 0.4) is 0 Å². The van der Waals surface area contributed by atoms with E-state index < -0.39 is 0 Å². The number of hydrogen-bond donors (Lipinski definition) is 2. The van der Waals surface area contributed by atoms with Crippen LogP contribution in [0.2, 0.25) is 0 Å². The monoisotopic (exact) mass is 569 g/mol. The van der Waals surface area contributed by atoms with E-state index in [1.54, 1.807) is 13.2 Å². The van der Waals surface area contributed by atoms with Gasteiger partial charge in [0, 0.05) is 57.4 Å². The molecule has 0 unspecified atom stereocenters. The Bertz CT molecular complexity index is 1220. The maximum Gasteiger partial charge on any atom is 0.191 e. The van der Waals surface area contributed by atoms with Crippen molar-refractivity contribution in [3.63, 3.8) is 0 Å². The van der Waals surface area contributed by atoms with E-state index in [0.29, 0.717) is 13.1 Å². The van der Waals surface area contributed by atoms with E-state index >= 15 is 0 Å². The van der Waals surface area contributed by atoms with Gasteiger partial charge in [-0.3, -0.25) is 9.67 Å². The van der Waals surface area contributed by atoms with Crippen molar-refractivity contribution in [1.29, 1.82) is 0 Å². The highest BCUT2D eigenvalue weighted by molar-refractivity contribution is 14.0. The Hall–Kier alpha value is -3.14. The molecule has 4 rings (SSSR count). The number of aliphatic imine (C=N–C) groups is 1. The fourth-order valence-corrected chi connectivity index (χ4v) is 3.98. The summed E-state index contributed by atoms with van der Waals surface area (Å²) in [6, 6.07) is 17.2. The lowest BCUT2D eigenvalue weighted by Gasteiger charge is -2.15. The first-order valence-corrected chi connectivity index (χ1v) is 11.1. The van der Waals surface area contributed by atoms with E-state index in [4.69, 9.17) is 0 Å². The van der Waals surface area contributed by atoms with Crippen LogP contribution in [0, 0.1) is 13.8 Å². The minimum Gasteiger partial charge on any atom is -0.352 e. The predicted molar refractivity (Wildman–Crippen MR) is 148 cm³/mol. The standard InChI is InChI=1S/C26H31N7.HI/c1-19-25(20(2)32(4)31-19)16-30-26(27-3)29-15-23-7-5-6-8-24(23)22-11-9-21(10-12-22)17-33-14-13-28-18-33;/h5-14,18H,15-17H2,1-4H3,(H2,27,29,30);1H. The van der Waals surface area contributed by atoms with Gasteiger partial charge in [0.05, 0.1) is 12.0 Å². The molecule has 0 atom stereocenters. The molecule has 0 bridgehead atoms. The first-order valence-electron chi connectivity index (χ1n) is 11.1. The smallest absolute Gasteiger partial charge is 0.191 e. The first kappa shape index (κ1) is 25.5. The fraction of sp³-hybridized carbons (Fsp3) is 0.269. The summed E-state index contributed by atoms with van der Waals surface area (Å²) >= 11 is 0. The van der Waals surface area contributed by atoms with Crippen molar-refractivity contribution in [2.24, 2.45) is 12.0 Å². The van der Waals surface area contributed by atoms with Crippen LogP contribution in [0.1, 0.15) is 28.1 Å². The lowest BCUT2D eigenvalue weighted by atomic mass is 9.98. The normalized spacial score (nSPS) is 11.2. The van der Waals surface area contributed by atoms with Crippen molar-refractivity contribution < 1.29 is 0 Å². The zero-order chi connectivity index (χ0) is 23.2. The number of rotatable bonds is 7. The van der Waals surface area contributed by atoms with Gasteiger partial charge in [-0.2, -0.15) is 5.10 Å². The number of imidazole rings is 1. The van der Waals surface area contributed by atoms with Gasteiger partial charge in [0.2, 0.25) is 0 Å². The van der Waals surface area contributed by atoms with E-state index in [9.17, 15) is 0 Å². The van der Waals surface area contributed by atoms with Gasteiger partial charge in [-0.05, 0) is 36.1 Å². The van der Waals surface area contributed by atoms with Crippen molar-refractivity contribution in [2.75, 3.05) is 7.05 Å². The van der Waals surface area contributed by atoms with Gasteiger partial charge in [-0.1, -0.05) is 48.5 Å². The Labute approximate surface area is 218 Å². The Morgan fingerprint density at radius 2 is 1.74 bits per heavy atom. The maximum atomic E-state index is 4.49. The molecule has 0 saturated heterocycles. The van der Waals surface area contributed by atoms with Crippen LogP contribution in [-0.4, -0.2) is 32.3 Å². The molecule has 0 saturated carbocycles. The van der Waals surface area contributed by atoms with Crippen LogP contribution in [-0.2, 0) is 26.7 Å². The molecular weight excluding hydrogens is 537 g/mol. The van der Waals surface area contributed by atoms with Gasteiger partial charge in [0.25, 0.3) is 0 Å². The Kier molecular flexibility index (Phi) is 8.86. The third-order valence-corrected chi connectivity index (χ3v) is 5.97. The van der Waals surface area contributed by atoms with Crippen LogP contribution in [0.25, 0.3) is 11.1 Å². The number of nitrogens with zero attached hydrogens (tertiary/aromatic N) is 5. The van der Waals surface area contributed by atoms with E-state index in [1.807, 2.05) is 31.2 Å².